The zero-order chi connectivity index (χ0) is 13.5. The van der Waals surface area contributed by atoms with Crippen LogP contribution in [-0.4, -0.2) is 10.9 Å². The number of thiazole rings is 1. The van der Waals surface area contributed by atoms with Crippen LogP contribution >= 0.6 is 11.3 Å². The summed E-state index contributed by atoms with van der Waals surface area (Å²) in [6, 6.07) is 5.85. The molecule has 1 aromatic carbocycles. The van der Waals surface area contributed by atoms with Crippen LogP contribution in [0.1, 0.15) is 45.3 Å². The van der Waals surface area contributed by atoms with Crippen molar-refractivity contribution in [2.45, 2.75) is 31.8 Å². The molecule has 5 heteroatoms. The summed E-state index contributed by atoms with van der Waals surface area (Å²) in [7, 11) is 0. The van der Waals surface area contributed by atoms with Crippen LogP contribution in [0.15, 0.2) is 23.7 Å². The van der Waals surface area contributed by atoms with E-state index >= 15 is 0 Å². The Balaban J connectivity index is 1.55. The van der Waals surface area contributed by atoms with E-state index in [0.717, 1.165) is 23.4 Å². The van der Waals surface area contributed by atoms with Gasteiger partial charge in [-0.25, -0.2) is 4.98 Å². The lowest BCUT2D eigenvalue weighted by molar-refractivity contribution is 0.0966. The number of aromatic nitrogens is 1. The molecule has 2 aromatic rings. The van der Waals surface area contributed by atoms with Gasteiger partial charge in [-0.05, 0) is 25.0 Å². The molecule has 0 atom stereocenters. The highest BCUT2D eigenvalue weighted by Gasteiger charge is 2.28. The summed E-state index contributed by atoms with van der Waals surface area (Å²) in [6.45, 7) is 1.41. The molecule has 0 saturated heterocycles. The molecule has 0 spiro atoms. The summed E-state index contributed by atoms with van der Waals surface area (Å²) in [4.78, 5) is 17.5. The number of fused-ring (bicyclic) bond motifs is 1. The zero-order valence-corrected chi connectivity index (χ0v) is 11.8. The van der Waals surface area contributed by atoms with Crippen molar-refractivity contribution in [1.82, 2.24) is 10.3 Å². The molecule has 1 fully saturated rings. The molecule has 1 aromatic heterocycles. The molecule has 2 aliphatic rings. The van der Waals surface area contributed by atoms with Crippen molar-refractivity contribution < 1.29 is 4.79 Å². The van der Waals surface area contributed by atoms with Gasteiger partial charge in [-0.15, -0.1) is 11.3 Å². The molecule has 1 saturated carbocycles. The fourth-order valence-corrected chi connectivity index (χ4v) is 3.49. The third-order valence-corrected chi connectivity index (χ3v) is 4.77. The lowest BCUT2D eigenvalue weighted by atomic mass is 10.1. The normalized spacial score (nSPS) is 16.9. The molecular formula is C15H15N3OS. The van der Waals surface area contributed by atoms with Crippen LogP contribution in [0, 0.1) is 0 Å². The molecule has 4 rings (SSSR count). The minimum atomic E-state index is 0.0279. The number of nitrogens with one attached hydrogen (secondary N) is 2. The number of hydrogen-bond donors (Lipinski definition) is 2. The Morgan fingerprint density at radius 2 is 2.30 bits per heavy atom. The Bertz CT molecular complexity index is 676. The number of amides is 1. The fourth-order valence-electron chi connectivity index (χ4n) is 2.70. The smallest absolute Gasteiger partial charge is 0.251 e. The first kappa shape index (κ1) is 11.9. The number of nitrogens with zero attached hydrogens (tertiary/aromatic N) is 1. The summed E-state index contributed by atoms with van der Waals surface area (Å²) in [6.07, 6.45) is 2.55. The number of benzene rings is 1. The van der Waals surface area contributed by atoms with E-state index in [2.05, 4.69) is 15.6 Å². The first-order valence-electron chi connectivity index (χ1n) is 6.89. The third-order valence-electron chi connectivity index (χ3n) is 3.92. The molecule has 4 nitrogen and oxygen atoms in total. The van der Waals surface area contributed by atoms with E-state index in [1.807, 2.05) is 23.7 Å². The lowest BCUT2D eigenvalue weighted by Gasteiger charge is -2.10. The zero-order valence-electron chi connectivity index (χ0n) is 11.0. The highest BCUT2D eigenvalue weighted by molar-refractivity contribution is 7.09. The number of rotatable bonds is 4. The molecule has 2 heterocycles. The molecule has 1 amide bonds. The largest absolute Gasteiger partial charge is 0.380 e. The number of carbonyl (C=O) groups excluding carboxylic acids is 1. The first-order chi connectivity index (χ1) is 9.83. The van der Waals surface area contributed by atoms with E-state index < -0.39 is 0 Å². The van der Waals surface area contributed by atoms with Gasteiger partial charge in [0.15, 0.2) is 0 Å². The summed E-state index contributed by atoms with van der Waals surface area (Å²) in [5.74, 6) is 0.711. The molecule has 102 valence electrons. The standard InChI is InChI=1S/C15H15N3OS/c19-15-10-2-1-3-12(11(10)6-17-15)16-7-13-14(9-4-5-9)18-8-20-13/h1-3,8-9,16H,4-7H2,(H,17,19). The maximum atomic E-state index is 11.7. The van der Waals surface area contributed by atoms with E-state index in [9.17, 15) is 4.79 Å². The third kappa shape index (κ3) is 1.98. The van der Waals surface area contributed by atoms with Crippen LogP contribution in [0.4, 0.5) is 5.69 Å². The van der Waals surface area contributed by atoms with Gasteiger partial charge in [0.25, 0.3) is 5.91 Å². The Morgan fingerprint density at radius 3 is 3.15 bits per heavy atom. The number of carbonyl (C=O) groups is 1. The van der Waals surface area contributed by atoms with E-state index in [1.54, 1.807) is 11.3 Å². The van der Waals surface area contributed by atoms with Crippen molar-refractivity contribution in [3.8, 4) is 0 Å². The summed E-state index contributed by atoms with van der Waals surface area (Å²) in [5, 5.41) is 6.34. The van der Waals surface area contributed by atoms with Crippen LogP contribution in [0.25, 0.3) is 0 Å². The van der Waals surface area contributed by atoms with Gasteiger partial charge in [0.1, 0.15) is 0 Å². The lowest BCUT2D eigenvalue weighted by Crippen LogP contribution is -2.12. The van der Waals surface area contributed by atoms with Gasteiger partial charge in [-0.1, -0.05) is 6.07 Å². The Kier molecular flexibility index (Phi) is 2.73. The van der Waals surface area contributed by atoms with Crippen LogP contribution in [0.5, 0.6) is 0 Å². The highest BCUT2D eigenvalue weighted by Crippen LogP contribution is 2.42. The first-order valence-corrected chi connectivity index (χ1v) is 7.77. The van der Waals surface area contributed by atoms with Crippen molar-refractivity contribution in [3.05, 3.63) is 45.4 Å². The van der Waals surface area contributed by atoms with Crippen LogP contribution in [0.2, 0.25) is 0 Å². The van der Waals surface area contributed by atoms with Gasteiger partial charge < -0.3 is 10.6 Å². The van der Waals surface area contributed by atoms with E-state index in [0.29, 0.717) is 12.5 Å². The van der Waals surface area contributed by atoms with Crippen LogP contribution < -0.4 is 10.6 Å². The van der Waals surface area contributed by atoms with Crippen molar-refractivity contribution in [2.24, 2.45) is 0 Å². The summed E-state index contributed by atoms with van der Waals surface area (Å²) >= 11 is 1.71. The molecule has 2 N–H and O–H groups in total. The van der Waals surface area contributed by atoms with Gasteiger partial charge in [0, 0.05) is 34.2 Å². The van der Waals surface area contributed by atoms with E-state index in [4.69, 9.17) is 0 Å². The minimum absolute atomic E-state index is 0.0279. The van der Waals surface area contributed by atoms with E-state index in [1.165, 1.54) is 23.4 Å². The SMILES string of the molecule is O=C1NCc2c(NCc3scnc3C3CC3)cccc21. The average Bonchev–Trinajstić information content (AvgIpc) is 3.09. The van der Waals surface area contributed by atoms with Crippen LogP contribution in [0.3, 0.4) is 0 Å². The Labute approximate surface area is 121 Å². The molecule has 1 aliphatic heterocycles. The maximum Gasteiger partial charge on any atom is 0.251 e. The predicted octanol–water partition coefficient (Wildman–Crippen LogP) is 2.88. The topological polar surface area (TPSA) is 54.0 Å². The maximum absolute atomic E-state index is 11.7. The second-order valence-electron chi connectivity index (χ2n) is 5.30. The summed E-state index contributed by atoms with van der Waals surface area (Å²) in [5.41, 5.74) is 6.13. The van der Waals surface area contributed by atoms with E-state index in [-0.39, 0.29) is 5.91 Å². The molecule has 1 aliphatic carbocycles. The molecule has 0 unspecified atom stereocenters. The van der Waals surface area contributed by atoms with Gasteiger partial charge >= 0.3 is 0 Å². The highest BCUT2D eigenvalue weighted by atomic mass is 32.1. The molecule has 0 radical (unpaired) electrons. The second kappa shape index (κ2) is 4.59. The van der Waals surface area contributed by atoms with Crippen molar-refractivity contribution in [2.75, 3.05) is 5.32 Å². The summed E-state index contributed by atoms with van der Waals surface area (Å²) < 4.78 is 0. The van der Waals surface area contributed by atoms with Gasteiger partial charge in [0.05, 0.1) is 17.7 Å². The Morgan fingerprint density at radius 1 is 1.40 bits per heavy atom. The van der Waals surface area contributed by atoms with Gasteiger partial charge in [-0.2, -0.15) is 0 Å². The van der Waals surface area contributed by atoms with Crippen molar-refractivity contribution in [1.29, 1.82) is 0 Å². The minimum Gasteiger partial charge on any atom is -0.380 e. The second-order valence-corrected chi connectivity index (χ2v) is 6.24. The molecule has 20 heavy (non-hydrogen) atoms. The van der Waals surface area contributed by atoms with Crippen molar-refractivity contribution in [3.63, 3.8) is 0 Å². The number of hydrogen-bond acceptors (Lipinski definition) is 4. The fraction of sp³-hybridized carbons (Fsp3) is 0.333. The Hall–Kier alpha value is -1.88. The molecular weight excluding hydrogens is 270 g/mol. The van der Waals surface area contributed by atoms with Gasteiger partial charge in [0.2, 0.25) is 0 Å². The van der Waals surface area contributed by atoms with Crippen LogP contribution in [-0.2, 0) is 13.1 Å². The average molecular weight is 285 g/mol. The quantitative estimate of drug-likeness (QED) is 0.908. The van der Waals surface area contributed by atoms with Gasteiger partial charge in [-0.3, -0.25) is 4.79 Å². The molecule has 0 bridgehead atoms. The predicted molar refractivity (Wildman–Crippen MR) is 79.0 cm³/mol. The van der Waals surface area contributed by atoms with Crippen molar-refractivity contribution >= 4 is 22.9 Å². The monoisotopic (exact) mass is 285 g/mol. The number of anilines is 1.